The number of H-pyrrole nitrogens is 1. The van der Waals surface area contributed by atoms with E-state index in [0.29, 0.717) is 5.69 Å². The minimum Gasteiger partial charge on any atom is -0.378 e. The van der Waals surface area contributed by atoms with Gasteiger partial charge in [0.2, 0.25) is 11.8 Å². The average Bonchev–Trinajstić information content (AvgIpc) is 3.59. The highest BCUT2D eigenvalue weighted by atomic mass is 32.2. The molecule has 7 atom stereocenters. The summed E-state index contributed by atoms with van der Waals surface area (Å²) in [6, 6.07) is 16.3. The third-order valence-electron chi connectivity index (χ3n) is 8.78. The molecule has 1 N–H and O–H groups in total. The quantitative estimate of drug-likeness (QED) is 0.519. The molecule has 36 heavy (non-hydrogen) atoms. The molecule has 2 saturated carbocycles. The zero-order valence-electron chi connectivity index (χ0n) is 20.3. The maximum Gasteiger partial charge on any atom is 0.305 e. The number of nitrogens with zero attached hydrogens (tertiary/aromatic N) is 2. The number of anilines is 2. The first-order chi connectivity index (χ1) is 17.3. The van der Waals surface area contributed by atoms with Gasteiger partial charge < -0.3 is 9.88 Å². The normalized spacial score (nSPS) is 32.0. The van der Waals surface area contributed by atoms with E-state index >= 15 is 0 Å². The molecule has 1 saturated heterocycles. The summed E-state index contributed by atoms with van der Waals surface area (Å²) in [7, 11) is 4.05. The van der Waals surface area contributed by atoms with Gasteiger partial charge >= 0.3 is 4.87 Å². The van der Waals surface area contributed by atoms with Crippen LogP contribution in [-0.4, -0.2) is 36.1 Å². The summed E-state index contributed by atoms with van der Waals surface area (Å²) >= 11 is 3.03. The molecule has 2 aliphatic carbocycles. The van der Waals surface area contributed by atoms with Gasteiger partial charge in [-0.15, -0.1) is 11.8 Å². The summed E-state index contributed by atoms with van der Waals surface area (Å²) in [5.74, 6) is -0.0711. The van der Waals surface area contributed by atoms with Gasteiger partial charge in [0.05, 0.1) is 22.5 Å². The van der Waals surface area contributed by atoms with Crippen LogP contribution in [0.2, 0.25) is 0 Å². The molecule has 0 spiro atoms. The Bertz CT molecular complexity index is 1440. The van der Waals surface area contributed by atoms with E-state index in [-0.39, 0.29) is 57.4 Å². The molecule has 8 heteroatoms. The predicted octanol–water partition coefficient (Wildman–Crippen LogP) is 4.49. The Hall–Kier alpha value is -2.84. The Kier molecular flexibility index (Phi) is 4.86. The maximum absolute atomic E-state index is 13.8. The zero-order chi connectivity index (χ0) is 24.9. The molecule has 6 nitrogen and oxygen atoms in total. The van der Waals surface area contributed by atoms with Crippen LogP contribution in [0, 0.1) is 36.5 Å². The summed E-state index contributed by atoms with van der Waals surface area (Å²) in [5, 5.41) is 1.16. The highest BCUT2D eigenvalue weighted by Gasteiger charge is 2.69. The molecule has 3 aromatic rings. The van der Waals surface area contributed by atoms with Crippen molar-refractivity contribution in [1.82, 2.24) is 4.98 Å². The number of aryl methyl sites for hydroxylation is 1. The van der Waals surface area contributed by atoms with E-state index in [2.05, 4.69) is 34.1 Å². The lowest BCUT2D eigenvalue weighted by molar-refractivity contribution is -0.123. The number of aromatic nitrogens is 1. The molecule has 2 amide bonds. The number of aromatic amines is 1. The topological polar surface area (TPSA) is 73.5 Å². The third-order valence-corrected chi connectivity index (χ3v) is 11.4. The summed E-state index contributed by atoms with van der Waals surface area (Å²) in [4.78, 5) is 47.6. The van der Waals surface area contributed by atoms with Crippen LogP contribution < -0.4 is 14.7 Å². The van der Waals surface area contributed by atoms with Gasteiger partial charge in [0.1, 0.15) is 0 Å². The fourth-order valence-corrected chi connectivity index (χ4v) is 10.2. The van der Waals surface area contributed by atoms with Crippen molar-refractivity contribution in [3.05, 3.63) is 74.2 Å². The molecule has 3 heterocycles. The fourth-order valence-electron chi connectivity index (χ4n) is 7.32. The van der Waals surface area contributed by atoms with Gasteiger partial charge in [-0.1, -0.05) is 41.2 Å². The van der Waals surface area contributed by atoms with Crippen molar-refractivity contribution in [2.75, 3.05) is 23.9 Å². The van der Waals surface area contributed by atoms with Crippen LogP contribution in [-0.2, 0) is 9.59 Å². The second-order valence-electron chi connectivity index (χ2n) is 10.8. The van der Waals surface area contributed by atoms with Crippen LogP contribution >= 0.6 is 23.1 Å². The molecule has 1 aromatic heterocycles. The Morgan fingerprint density at radius 3 is 2.25 bits per heavy atom. The fraction of sp³-hybridized carbons (Fsp3) is 0.393. The summed E-state index contributed by atoms with van der Waals surface area (Å²) < 4.78 is 0. The lowest BCUT2D eigenvalue weighted by atomic mass is 9.68. The number of imide groups is 1. The third kappa shape index (κ3) is 3.00. The molecule has 7 rings (SSSR count). The molecule has 6 unspecified atom stereocenters. The predicted molar refractivity (Wildman–Crippen MR) is 143 cm³/mol. The lowest BCUT2D eigenvalue weighted by Gasteiger charge is -2.43. The number of carbonyl (C=O) groups excluding carboxylic acids is 2. The molecule has 0 radical (unpaired) electrons. The highest BCUT2D eigenvalue weighted by Crippen LogP contribution is 2.68. The van der Waals surface area contributed by atoms with Gasteiger partial charge in [-0.2, -0.15) is 0 Å². The minimum atomic E-state index is -0.272. The average molecular weight is 518 g/mol. The van der Waals surface area contributed by atoms with Crippen molar-refractivity contribution in [2.45, 2.75) is 29.5 Å². The van der Waals surface area contributed by atoms with Crippen molar-refractivity contribution in [2.24, 2.45) is 29.6 Å². The highest BCUT2D eigenvalue weighted by molar-refractivity contribution is 8.00. The molecule has 184 valence electrons. The molecule has 2 aliphatic heterocycles. The maximum atomic E-state index is 13.8. The van der Waals surface area contributed by atoms with Crippen molar-refractivity contribution in [3.63, 3.8) is 0 Å². The van der Waals surface area contributed by atoms with E-state index in [0.717, 1.165) is 27.6 Å². The van der Waals surface area contributed by atoms with Gasteiger partial charge in [0.15, 0.2) is 0 Å². The number of carbonyl (C=O) groups is 2. The number of fused-ring (bicyclic) bond motifs is 9. The Morgan fingerprint density at radius 1 is 0.917 bits per heavy atom. The molecular formula is C28H27N3O3S2. The molecule has 2 bridgehead atoms. The smallest absolute Gasteiger partial charge is 0.305 e. The number of thiazole rings is 1. The van der Waals surface area contributed by atoms with Crippen LogP contribution in [0.5, 0.6) is 0 Å². The van der Waals surface area contributed by atoms with Crippen LogP contribution in [0.4, 0.5) is 11.4 Å². The Balaban J connectivity index is 1.31. The first kappa shape index (κ1) is 22.4. The van der Waals surface area contributed by atoms with Crippen molar-refractivity contribution in [1.29, 1.82) is 0 Å². The number of amides is 2. The number of thioether (sulfide) groups is 1. The monoisotopic (exact) mass is 517 g/mol. The largest absolute Gasteiger partial charge is 0.378 e. The number of hydrogen-bond acceptors (Lipinski definition) is 6. The number of rotatable bonds is 3. The SMILES string of the molecule is Cc1ccc(N2C(=O)C3C4CC(C3C2=O)C2C4Sc3[nH]c(=O)sc3[C@@H]2c2ccc(N(C)C)cc2)cc1. The van der Waals surface area contributed by atoms with Gasteiger partial charge in [-0.3, -0.25) is 19.3 Å². The molecular weight excluding hydrogens is 490 g/mol. The van der Waals surface area contributed by atoms with E-state index in [1.165, 1.54) is 21.8 Å². The van der Waals surface area contributed by atoms with Crippen LogP contribution in [0.15, 0.2) is 58.4 Å². The second-order valence-corrected chi connectivity index (χ2v) is 13.0. The summed E-state index contributed by atoms with van der Waals surface area (Å²) in [6.07, 6.45) is 0.905. The first-order valence-corrected chi connectivity index (χ1v) is 14.1. The number of hydrogen-bond donors (Lipinski definition) is 1. The first-order valence-electron chi connectivity index (χ1n) is 12.4. The molecule has 3 fully saturated rings. The van der Waals surface area contributed by atoms with Gasteiger partial charge in [0, 0.05) is 35.8 Å². The van der Waals surface area contributed by atoms with Gasteiger partial charge in [0.25, 0.3) is 0 Å². The van der Waals surface area contributed by atoms with Gasteiger partial charge in [-0.05, 0) is 60.9 Å². The van der Waals surface area contributed by atoms with E-state index < -0.39 is 0 Å². The van der Waals surface area contributed by atoms with E-state index in [1.54, 1.807) is 11.8 Å². The standard InChI is InChI=1S/C28H27N3O3S2/c1-13-4-8-16(9-5-13)31-26(32)21-17-12-18(22(21)27(31)33)23-20(17)19(24-25(35-23)29-28(34)36-24)14-6-10-15(11-7-14)30(2)3/h4-11,17-23H,12H2,1-3H3,(H,29,34)/t17?,18?,19-,20?,21?,22?,23?/m1/s1. The number of benzene rings is 2. The van der Waals surface area contributed by atoms with E-state index in [4.69, 9.17) is 0 Å². The zero-order valence-corrected chi connectivity index (χ0v) is 21.9. The van der Waals surface area contributed by atoms with Crippen LogP contribution in [0.25, 0.3) is 0 Å². The number of nitrogens with one attached hydrogen (secondary N) is 1. The molecule has 2 aromatic carbocycles. The summed E-state index contributed by atoms with van der Waals surface area (Å²) in [5.41, 5.74) is 4.09. The Labute approximate surface area is 217 Å². The minimum absolute atomic E-state index is 0.0346. The van der Waals surface area contributed by atoms with Gasteiger partial charge in [-0.25, -0.2) is 0 Å². The van der Waals surface area contributed by atoms with Crippen molar-refractivity contribution < 1.29 is 9.59 Å². The Morgan fingerprint density at radius 2 is 1.58 bits per heavy atom. The van der Waals surface area contributed by atoms with Crippen LogP contribution in [0.3, 0.4) is 0 Å². The molecule has 4 aliphatic rings. The van der Waals surface area contributed by atoms with Crippen LogP contribution in [0.1, 0.15) is 28.3 Å². The summed E-state index contributed by atoms with van der Waals surface area (Å²) in [6.45, 7) is 2.00. The van der Waals surface area contributed by atoms with E-state index in [9.17, 15) is 14.4 Å². The second kappa shape index (κ2) is 7.83. The van der Waals surface area contributed by atoms with Crippen molar-refractivity contribution >= 4 is 46.3 Å². The van der Waals surface area contributed by atoms with Crippen molar-refractivity contribution in [3.8, 4) is 0 Å². The lowest BCUT2D eigenvalue weighted by Crippen LogP contribution is -2.42. The van der Waals surface area contributed by atoms with E-state index in [1.807, 2.05) is 45.3 Å².